The number of ether oxygens (including phenoxy) is 1. The van der Waals surface area contributed by atoms with E-state index < -0.39 is 18.2 Å². The van der Waals surface area contributed by atoms with E-state index in [2.05, 4.69) is 4.74 Å². The molecule has 0 saturated carbocycles. The Balaban J connectivity index is 2.74. The average molecular weight is 224 g/mol. The maximum atomic E-state index is 11.1. The average Bonchev–Trinajstić information content (AvgIpc) is 2.27. The first-order valence-corrected chi connectivity index (χ1v) is 5.07. The van der Waals surface area contributed by atoms with E-state index in [1.165, 1.54) is 7.11 Å². The number of rotatable bonds is 4. The van der Waals surface area contributed by atoms with Crippen molar-refractivity contribution in [3.8, 4) is 0 Å². The number of aliphatic hydroxyl groups is 2. The van der Waals surface area contributed by atoms with Gasteiger partial charge in [0.05, 0.1) is 13.2 Å². The molecule has 2 unspecified atom stereocenters. The van der Waals surface area contributed by atoms with Crippen LogP contribution in [0.5, 0.6) is 0 Å². The van der Waals surface area contributed by atoms with Crippen LogP contribution in [0.1, 0.15) is 24.2 Å². The molecule has 0 aliphatic carbocycles. The van der Waals surface area contributed by atoms with Crippen molar-refractivity contribution in [3.05, 3.63) is 35.4 Å². The monoisotopic (exact) mass is 224 g/mol. The smallest absolute Gasteiger partial charge is 0.339 e. The number of carbonyl (C=O) groups is 1. The lowest BCUT2D eigenvalue weighted by Gasteiger charge is -2.10. The fourth-order valence-electron chi connectivity index (χ4n) is 1.42. The lowest BCUT2D eigenvalue weighted by atomic mass is 10.0. The van der Waals surface area contributed by atoms with Crippen LogP contribution < -0.4 is 0 Å². The summed E-state index contributed by atoms with van der Waals surface area (Å²) in [5.74, 6) is -0.678. The number of carbonyl (C=O) groups excluding carboxylic acids is 1. The first-order valence-electron chi connectivity index (χ1n) is 5.07. The number of benzene rings is 1. The second-order valence-electron chi connectivity index (χ2n) is 3.72. The maximum Gasteiger partial charge on any atom is 0.339 e. The Morgan fingerprint density at radius 2 is 1.88 bits per heavy atom. The van der Waals surface area contributed by atoms with Gasteiger partial charge >= 0.3 is 5.97 Å². The Hall–Kier alpha value is -1.39. The van der Waals surface area contributed by atoms with Crippen LogP contribution >= 0.6 is 0 Å². The van der Waals surface area contributed by atoms with Gasteiger partial charge in [-0.25, -0.2) is 4.79 Å². The first-order chi connectivity index (χ1) is 7.54. The number of aliphatic hydroxyl groups excluding tert-OH is 2. The summed E-state index contributed by atoms with van der Waals surface area (Å²) in [4.78, 5) is 11.1. The second-order valence-corrected chi connectivity index (χ2v) is 3.72. The number of hydrogen-bond donors (Lipinski definition) is 2. The van der Waals surface area contributed by atoms with E-state index in [0.717, 1.165) is 5.56 Å². The predicted octanol–water partition coefficient (Wildman–Crippen LogP) is 0.816. The standard InChI is InChI=1S/C12H16O4/c1-8(13)7-9-3-5-10(6-4-9)11(14)12(15)16-2/h3-6,8,11,13-14H,7H2,1-2H3. The molecule has 0 fully saturated rings. The zero-order valence-electron chi connectivity index (χ0n) is 9.38. The highest BCUT2D eigenvalue weighted by molar-refractivity contribution is 5.76. The Labute approximate surface area is 94.5 Å². The molecule has 0 aromatic heterocycles. The third kappa shape index (κ3) is 3.32. The van der Waals surface area contributed by atoms with E-state index in [0.29, 0.717) is 12.0 Å². The van der Waals surface area contributed by atoms with Crippen LogP contribution in [-0.4, -0.2) is 29.4 Å². The number of hydrogen-bond acceptors (Lipinski definition) is 4. The third-order valence-electron chi connectivity index (χ3n) is 2.25. The van der Waals surface area contributed by atoms with Gasteiger partial charge in [-0.1, -0.05) is 24.3 Å². The molecule has 4 heteroatoms. The molecule has 0 aliphatic heterocycles. The van der Waals surface area contributed by atoms with E-state index in [1.54, 1.807) is 31.2 Å². The van der Waals surface area contributed by atoms with Gasteiger partial charge < -0.3 is 14.9 Å². The van der Waals surface area contributed by atoms with Crippen LogP contribution in [0.2, 0.25) is 0 Å². The van der Waals surface area contributed by atoms with Crippen molar-refractivity contribution in [3.63, 3.8) is 0 Å². The van der Waals surface area contributed by atoms with Gasteiger partial charge in [0.1, 0.15) is 0 Å². The van der Waals surface area contributed by atoms with Gasteiger partial charge in [-0.05, 0) is 24.5 Å². The van der Waals surface area contributed by atoms with E-state index in [9.17, 15) is 15.0 Å². The molecule has 2 atom stereocenters. The summed E-state index contributed by atoms with van der Waals surface area (Å²) in [7, 11) is 1.23. The zero-order valence-corrected chi connectivity index (χ0v) is 9.38. The molecule has 0 amide bonds. The van der Waals surface area contributed by atoms with E-state index in [4.69, 9.17) is 0 Å². The second kappa shape index (κ2) is 5.63. The zero-order chi connectivity index (χ0) is 12.1. The molecule has 4 nitrogen and oxygen atoms in total. The molecule has 2 N–H and O–H groups in total. The number of esters is 1. The quantitative estimate of drug-likeness (QED) is 0.743. The summed E-state index contributed by atoms with van der Waals surface area (Å²) in [6, 6.07) is 6.85. The van der Waals surface area contributed by atoms with Crippen molar-refractivity contribution in [2.75, 3.05) is 7.11 Å². The van der Waals surface area contributed by atoms with Crippen LogP contribution in [-0.2, 0) is 16.0 Å². The van der Waals surface area contributed by atoms with Crippen molar-refractivity contribution < 1.29 is 19.7 Å². The van der Waals surface area contributed by atoms with E-state index in [1.807, 2.05) is 0 Å². The molecule has 0 saturated heterocycles. The summed E-state index contributed by atoms with van der Waals surface area (Å²) < 4.78 is 4.43. The summed E-state index contributed by atoms with van der Waals surface area (Å²) in [6.07, 6.45) is -1.10. The Morgan fingerprint density at radius 1 is 1.31 bits per heavy atom. The highest BCUT2D eigenvalue weighted by atomic mass is 16.5. The molecule has 0 heterocycles. The highest BCUT2D eigenvalue weighted by Gasteiger charge is 2.17. The van der Waals surface area contributed by atoms with Crippen molar-refractivity contribution in [2.24, 2.45) is 0 Å². The minimum absolute atomic E-state index is 0.406. The molecule has 1 aromatic carbocycles. The molecule has 1 rings (SSSR count). The van der Waals surface area contributed by atoms with Gasteiger partial charge in [0.2, 0.25) is 0 Å². The van der Waals surface area contributed by atoms with Gasteiger partial charge in [0, 0.05) is 0 Å². The van der Waals surface area contributed by atoms with E-state index >= 15 is 0 Å². The molecule has 0 aliphatic rings. The van der Waals surface area contributed by atoms with Gasteiger partial charge in [-0.15, -0.1) is 0 Å². The van der Waals surface area contributed by atoms with Crippen molar-refractivity contribution in [1.29, 1.82) is 0 Å². The molecule has 0 bridgehead atoms. The Kier molecular flexibility index (Phi) is 4.46. The van der Waals surface area contributed by atoms with Crippen LogP contribution in [0.4, 0.5) is 0 Å². The molecule has 0 spiro atoms. The Bertz CT molecular complexity index is 343. The first kappa shape index (κ1) is 12.7. The topological polar surface area (TPSA) is 66.8 Å². The van der Waals surface area contributed by atoms with Crippen LogP contribution in [0.25, 0.3) is 0 Å². The van der Waals surface area contributed by atoms with Crippen molar-refractivity contribution in [1.82, 2.24) is 0 Å². The minimum atomic E-state index is -1.24. The lowest BCUT2D eigenvalue weighted by Crippen LogP contribution is -2.13. The predicted molar refractivity (Wildman–Crippen MR) is 58.8 cm³/mol. The minimum Gasteiger partial charge on any atom is -0.467 e. The summed E-state index contributed by atoms with van der Waals surface area (Å²) in [6.45, 7) is 1.71. The van der Waals surface area contributed by atoms with Crippen LogP contribution in [0, 0.1) is 0 Å². The summed E-state index contributed by atoms with van der Waals surface area (Å²) in [5, 5.41) is 18.7. The molecule has 0 radical (unpaired) electrons. The molecule has 88 valence electrons. The van der Waals surface area contributed by atoms with Gasteiger partial charge in [0.25, 0.3) is 0 Å². The molecule has 1 aromatic rings. The summed E-state index contributed by atoms with van der Waals surface area (Å²) >= 11 is 0. The number of methoxy groups -OCH3 is 1. The van der Waals surface area contributed by atoms with Gasteiger partial charge in [-0.2, -0.15) is 0 Å². The normalized spacial score (nSPS) is 14.2. The van der Waals surface area contributed by atoms with Crippen LogP contribution in [0.15, 0.2) is 24.3 Å². The van der Waals surface area contributed by atoms with Crippen LogP contribution in [0.3, 0.4) is 0 Å². The maximum absolute atomic E-state index is 11.1. The van der Waals surface area contributed by atoms with Gasteiger partial charge in [-0.3, -0.25) is 0 Å². The molecular formula is C12H16O4. The van der Waals surface area contributed by atoms with Crippen molar-refractivity contribution in [2.45, 2.75) is 25.6 Å². The highest BCUT2D eigenvalue weighted by Crippen LogP contribution is 2.15. The lowest BCUT2D eigenvalue weighted by molar-refractivity contribution is -0.150. The molecular weight excluding hydrogens is 208 g/mol. The van der Waals surface area contributed by atoms with Gasteiger partial charge in [0.15, 0.2) is 6.10 Å². The summed E-state index contributed by atoms with van der Waals surface area (Å²) in [5.41, 5.74) is 1.44. The fourth-order valence-corrected chi connectivity index (χ4v) is 1.42. The third-order valence-corrected chi connectivity index (χ3v) is 2.25. The molecule has 16 heavy (non-hydrogen) atoms. The largest absolute Gasteiger partial charge is 0.467 e. The van der Waals surface area contributed by atoms with E-state index in [-0.39, 0.29) is 0 Å². The van der Waals surface area contributed by atoms with Crippen molar-refractivity contribution >= 4 is 5.97 Å². The fraction of sp³-hybridized carbons (Fsp3) is 0.417. The SMILES string of the molecule is COC(=O)C(O)c1ccc(CC(C)O)cc1. The Morgan fingerprint density at radius 3 is 2.31 bits per heavy atom.